The van der Waals surface area contributed by atoms with E-state index in [0.29, 0.717) is 12.8 Å². The van der Waals surface area contributed by atoms with Gasteiger partial charge >= 0.3 is 0 Å². The molecular formula is C8H8N2. The van der Waals surface area contributed by atoms with Crippen LogP contribution in [0.4, 0.5) is 0 Å². The number of hydrogen-bond donors (Lipinski definition) is 0. The number of nitrogens with zero attached hydrogens (tertiary/aromatic N) is 2. The minimum absolute atomic E-state index is 0.180. The van der Waals surface area contributed by atoms with E-state index in [9.17, 15) is 0 Å². The van der Waals surface area contributed by atoms with Crippen LogP contribution in [0.25, 0.3) is 0 Å². The normalized spacial score (nSPS) is 10.5. The first-order valence-corrected chi connectivity index (χ1v) is 3.05. The number of hydrogen-bond acceptors (Lipinski definition) is 2. The van der Waals surface area contributed by atoms with Gasteiger partial charge < -0.3 is 0 Å². The van der Waals surface area contributed by atoms with Crippen molar-refractivity contribution >= 4 is 0 Å². The van der Waals surface area contributed by atoms with Crippen LogP contribution in [0.1, 0.15) is 19.3 Å². The Labute approximate surface area is 61.1 Å². The highest BCUT2D eigenvalue weighted by molar-refractivity contribution is 4.93. The second-order valence-corrected chi connectivity index (χ2v) is 1.93. The van der Waals surface area contributed by atoms with Gasteiger partial charge in [-0.3, -0.25) is 0 Å². The zero-order valence-corrected chi connectivity index (χ0v) is 5.67. The summed E-state index contributed by atoms with van der Waals surface area (Å²) in [6, 6.07) is 3.96. The lowest BCUT2D eigenvalue weighted by atomic mass is 10.0. The average Bonchev–Trinajstić information content (AvgIpc) is 1.98. The molecule has 0 aromatic rings. The minimum atomic E-state index is -0.180. The molecule has 0 aromatic heterocycles. The fourth-order valence-electron chi connectivity index (χ4n) is 0.580. The zero-order valence-electron chi connectivity index (χ0n) is 5.67. The predicted octanol–water partition coefficient (Wildman–Crippen LogP) is 1.45. The Morgan fingerprint density at radius 3 is 2.50 bits per heavy atom. The van der Waals surface area contributed by atoms with Crippen molar-refractivity contribution in [3.8, 4) is 24.5 Å². The van der Waals surface area contributed by atoms with Crippen molar-refractivity contribution in [2.75, 3.05) is 0 Å². The number of nitriles is 2. The van der Waals surface area contributed by atoms with Gasteiger partial charge in [0.15, 0.2) is 0 Å². The molecule has 0 rings (SSSR count). The summed E-state index contributed by atoms with van der Waals surface area (Å²) in [6.07, 6.45) is 6.50. The van der Waals surface area contributed by atoms with Crippen LogP contribution in [0, 0.1) is 40.9 Å². The highest BCUT2D eigenvalue weighted by Crippen LogP contribution is 2.07. The van der Waals surface area contributed by atoms with E-state index in [-0.39, 0.29) is 12.3 Å². The number of rotatable bonds is 3. The molecule has 0 saturated heterocycles. The summed E-state index contributed by atoms with van der Waals surface area (Å²) in [4.78, 5) is 0. The third-order valence-corrected chi connectivity index (χ3v) is 1.16. The molecule has 2 nitrogen and oxygen atoms in total. The maximum Gasteiger partial charge on any atom is 0.0666 e. The van der Waals surface area contributed by atoms with Gasteiger partial charge in [-0.1, -0.05) is 0 Å². The van der Waals surface area contributed by atoms with Crippen LogP contribution in [-0.4, -0.2) is 0 Å². The van der Waals surface area contributed by atoms with E-state index in [1.165, 1.54) is 0 Å². The standard InChI is InChI=1S/C8H8N2/c1-2-3-4-8(7-10)5-6-9/h1,8H,3-5H2. The maximum atomic E-state index is 8.41. The lowest BCUT2D eigenvalue weighted by Crippen LogP contribution is -1.93. The Morgan fingerprint density at radius 1 is 1.40 bits per heavy atom. The van der Waals surface area contributed by atoms with Crippen molar-refractivity contribution < 1.29 is 0 Å². The summed E-state index contributed by atoms with van der Waals surface area (Å²) >= 11 is 0. The molecule has 0 fully saturated rings. The van der Waals surface area contributed by atoms with Gasteiger partial charge in [-0.15, -0.1) is 12.3 Å². The van der Waals surface area contributed by atoms with Crippen LogP contribution in [0.15, 0.2) is 0 Å². The molecule has 0 aliphatic heterocycles. The van der Waals surface area contributed by atoms with Crippen LogP contribution < -0.4 is 0 Å². The van der Waals surface area contributed by atoms with E-state index >= 15 is 0 Å². The van der Waals surface area contributed by atoms with Crippen molar-refractivity contribution in [3.63, 3.8) is 0 Å². The highest BCUT2D eigenvalue weighted by Gasteiger charge is 2.03. The number of terminal acetylenes is 1. The SMILES string of the molecule is C#CCCC(C#N)CC#N. The summed E-state index contributed by atoms with van der Waals surface area (Å²) in [6.45, 7) is 0. The molecule has 50 valence electrons. The van der Waals surface area contributed by atoms with Crippen molar-refractivity contribution in [1.29, 1.82) is 10.5 Å². The van der Waals surface area contributed by atoms with Gasteiger partial charge in [0.1, 0.15) is 0 Å². The van der Waals surface area contributed by atoms with Gasteiger partial charge in [0.05, 0.1) is 24.5 Å². The van der Waals surface area contributed by atoms with Crippen LogP contribution >= 0.6 is 0 Å². The Morgan fingerprint density at radius 2 is 2.10 bits per heavy atom. The average molecular weight is 132 g/mol. The van der Waals surface area contributed by atoms with Crippen molar-refractivity contribution in [2.45, 2.75) is 19.3 Å². The van der Waals surface area contributed by atoms with E-state index in [1.807, 2.05) is 12.1 Å². The summed E-state index contributed by atoms with van der Waals surface area (Å²) in [5.74, 6) is 2.25. The molecule has 0 bridgehead atoms. The molecule has 0 aromatic carbocycles. The van der Waals surface area contributed by atoms with Gasteiger partial charge in [0.25, 0.3) is 0 Å². The van der Waals surface area contributed by atoms with Gasteiger partial charge in [-0.25, -0.2) is 0 Å². The largest absolute Gasteiger partial charge is 0.198 e. The van der Waals surface area contributed by atoms with Gasteiger partial charge in [-0.2, -0.15) is 10.5 Å². The molecule has 0 saturated carbocycles. The second-order valence-electron chi connectivity index (χ2n) is 1.93. The molecule has 0 spiro atoms. The highest BCUT2D eigenvalue weighted by atomic mass is 14.3. The monoisotopic (exact) mass is 132 g/mol. The van der Waals surface area contributed by atoms with Crippen molar-refractivity contribution in [2.24, 2.45) is 5.92 Å². The molecule has 0 heterocycles. The smallest absolute Gasteiger partial charge is 0.0666 e. The molecule has 0 aliphatic rings. The summed E-state index contributed by atoms with van der Waals surface area (Å²) < 4.78 is 0. The molecule has 10 heavy (non-hydrogen) atoms. The van der Waals surface area contributed by atoms with Gasteiger partial charge in [0.2, 0.25) is 0 Å². The van der Waals surface area contributed by atoms with E-state index < -0.39 is 0 Å². The van der Waals surface area contributed by atoms with Crippen molar-refractivity contribution in [1.82, 2.24) is 0 Å². The first-order valence-electron chi connectivity index (χ1n) is 3.05. The Kier molecular flexibility index (Phi) is 4.84. The predicted molar refractivity (Wildman–Crippen MR) is 37.4 cm³/mol. The van der Waals surface area contributed by atoms with E-state index in [4.69, 9.17) is 16.9 Å². The molecule has 2 heteroatoms. The Hall–Kier alpha value is -1.46. The fraction of sp³-hybridized carbons (Fsp3) is 0.500. The Balaban J connectivity index is 3.57. The molecule has 0 radical (unpaired) electrons. The molecule has 0 N–H and O–H groups in total. The lowest BCUT2D eigenvalue weighted by molar-refractivity contribution is 0.631. The summed E-state index contributed by atoms with van der Waals surface area (Å²) in [5, 5.41) is 16.6. The molecule has 0 aliphatic carbocycles. The molecule has 1 unspecified atom stereocenters. The minimum Gasteiger partial charge on any atom is -0.198 e. The van der Waals surface area contributed by atoms with E-state index in [0.717, 1.165) is 0 Å². The Bertz CT molecular complexity index is 199. The first kappa shape index (κ1) is 8.54. The van der Waals surface area contributed by atoms with Gasteiger partial charge in [-0.05, 0) is 6.42 Å². The van der Waals surface area contributed by atoms with Crippen LogP contribution in [-0.2, 0) is 0 Å². The van der Waals surface area contributed by atoms with Crippen molar-refractivity contribution in [3.05, 3.63) is 0 Å². The first-order chi connectivity index (χ1) is 4.85. The molecule has 1 atom stereocenters. The van der Waals surface area contributed by atoms with Crippen LogP contribution in [0.5, 0.6) is 0 Å². The third-order valence-electron chi connectivity index (χ3n) is 1.16. The van der Waals surface area contributed by atoms with Crippen LogP contribution in [0.3, 0.4) is 0 Å². The van der Waals surface area contributed by atoms with E-state index in [1.54, 1.807) is 0 Å². The maximum absolute atomic E-state index is 8.41. The van der Waals surface area contributed by atoms with Gasteiger partial charge in [0, 0.05) is 6.42 Å². The molecule has 0 amide bonds. The summed E-state index contributed by atoms with van der Waals surface area (Å²) in [5.41, 5.74) is 0. The van der Waals surface area contributed by atoms with Crippen LogP contribution in [0.2, 0.25) is 0 Å². The summed E-state index contributed by atoms with van der Waals surface area (Å²) in [7, 11) is 0. The fourth-order valence-corrected chi connectivity index (χ4v) is 0.580. The quantitative estimate of drug-likeness (QED) is 0.545. The topological polar surface area (TPSA) is 47.6 Å². The lowest BCUT2D eigenvalue weighted by Gasteiger charge is -1.97. The molecular weight excluding hydrogens is 124 g/mol. The zero-order chi connectivity index (χ0) is 7.82. The van der Waals surface area contributed by atoms with E-state index in [2.05, 4.69) is 5.92 Å². The third kappa shape index (κ3) is 3.53. The second kappa shape index (κ2) is 5.67.